The van der Waals surface area contributed by atoms with E-state index in [1.54, 1.807) is 50.0 Å². The van der Waals surface area contributed by atoms with Gasteiger partial charge in [-0.15, -0.1) is 6.42 Å². The molecule has 0 saturated carbocycles. The average molecular weight is 483 g/mol. The van der Waals surface area contributed by atoms with Crippen LogP contribution in [0.15, 0.2) is 84.3 Å². The van der Waals surface area contributed by atoms with Crippen LogP contribution in [0.3, 0.4) is 0 Å². The highest BCUT2D eigenvalue weighted by Crippen LogP contribution is 2.29. The molecule has 174 valence electrons. The molecule has 0 fully saturated rings. The zero-order chi connectivity index (χ0) is 24.9. The smallest absolute Gasteiger partial charge is 0.252 e. The third-order valence-electron chi connectivity index (χ3n) is 5.49. The molecule has 4 aromatic heterocycles. The average Bonchev–Trinajstić information content (AvgIpc) is 3.37. The molecule has 7 nitrogen and oxygen atoms in total. The number of fused-ring (bicyclic) bond motifs is 1. The number of pyridine rings is 3. The van der Waals surface area contributed by atoms with Crippen molar-refractivity contribution in [2.75, 3.05) is 0 Å². The van der Waals surface area contributed by atoms with E-state index >= 15 is 0 Å². The lowest BCUT2D eigenvalue weighted by molar-refractivity contribution is 0.854. The summed E-state index contributed by atoms with van der Waals surface area (Å²) in [6.45, 7) is 0. The summed E-state index contributed by atoms with van der Waals surface area (Å²) in [5.41, 5.74) is 10.3. The first-order chi connectivity index (χ1) is 16.9. The van der Waals surface area contributed by atoms with E-state index < -0.39 is 0 Å². The molecule has 5 rings (SSSR count). The number of imidazole rings is 1. The molecule has 1 atom stereocenters. The number of benzene rings is 1. The number of rotatable bonds is 3. The first-order valence-corrected chi connectivity index (χ1v) is 11.1. The molecule has 35 heavy (non-hydrogen) atoms. The number of aromatic nitrogens is 5. The van der Waals surface area contributed by atoms with E-state index in [4.69, 9.17) is 23.8 Å². The molecule has 0 aliphatic rings. The molecule has 4 heterocycles. The molecule has 0 aliphatic heterocycles. The largest absolute Gasteiger partial charge is 0.341 e. The number of nitrogens with two attached hydrogens (primary N) is 1. The van der Waals surface area contributed by atoms with Crippen molar-refractivity contribution in [2.45, 2.75) is 6.04 Å². The predicted octanol–water partition coefficient (Wildman–Crippen LogP) is 4.10. The van der Waals surface area contributed by atoms with Crippen LogP contribution in [0.2, 0.25) is 5.02 Å². The van der Waals surface area contributed by atoms with Gasteiger partial charge in [-0.2, -0.15) is 0 Å². The summed E-state index contributed by atoms with van der Waals surface area (Å²) in [6, 6.07) is 15.9. The zero-order valence-corrected chi connectivity index (χ0v) is 20.0. The molecule has 1 unspecified atom stereocenters. The molecule has 1 aromatic carbocycles. The van der Waals surface area contributed by atoms with Gasteiger partial charge in [-0.05, 0) is 41.5 Å². The van der Waals surface area contributed by atoms with Crippen molar-refractivity contribution in [3.8, 4) is 23.6 Å². The van der Waals surface area contributed by atoms with E-state index in [1.165, 1.54) is 4.57 Å². The summed E-state index contributed by atoms with van der Waals surface area (Å²) in [6.07, 6.45) is 12.6. The van der Waals surface area contributed by atoms with Crippen molar-refractivity contribution >= 4 is 22.6 Å². The lowest BCUT2D eigenvalue weighted by Crippen LogP contribution is -2.18. The van der Waals surface area contributed by atoms with Gasteiger partial charge in [0.05, 0.1) is 18.1 Å². The van der Waals surface area contributed by atoms with Crippen LogP contribution in [0.5, 0.6) is 0 Å². The second-order valence-corrected chi connectivity index (χ2v) is 8.34. The van der Waals surface area contributed by atoms with Crippen molar-refractivity contribution in [3.63, 3.8) is 0 Å². The van der Waals surface area contributed by atoms with E-state index in [2.05, 4.69) is 20.9 Å². The molecule has 0 aliphatic carbocycles. The number of hydrogen-bond donors (Lipinski definition) is 1. The van der Waals surface area contributed by atoms with Gasteiger partial charge in [0.1, 0.15) is 11.3 Å². The van der Waals surface area contributed by atoms with Gasteiger partial charge in [-0.25, -0.2) is 15.0 Å². The fraction of sp³-hybridized carbons (Fsp3) is 0.111. The minimum atomic E-state index is -0.390. The fourth-order valence-corrected chi connectivity index (χ4v) is 3.70. The standard InChI is InChI=1S/C23H17ClN4O.C4H6N2/c1-3-17-5-4-6-20(27-17)18-12-21(29)28(2)23-19(18)11-15(13-26-23)22(25)14-7-9-16(24)10-8-14;1-6-3-2-5-4-6/h1,4-13,22H,25H2,2H3;2-4H,1H3. The van der Waals surface area contributed by atoms with Crippen molar-refractivity contribution in [3.05, 3.63) is 112 Å². The highest BCUT2D eigenvalue weighted by Gasteiger charge is 2.15. The molecule has 0 amide bonds. The van der Waals surface area contributed by atoms with Crippen LogP contribution in [0.4, 0.5) is 0 Å². The van der Waals surface area contributed by atoms with Crippen molar-refractivity contribution in [2.24, 2.45) is 19.8 Å². The van der Waals surface area contributed by atoms with E-state index in [0.29, 0.717) is 27.6 Å². The maximum atomic E-state index is 12.5. The minimum Gasteiger partial charge on any atom is -0.341 e. The zero-order valence-electron chi connectivity index (χ0n) is 19.3. The van der Waals surface area contributed by atoms with Gasteiger partial charge in [0.15, 0.2) is 0 Å². The quantitative estimate of drug-likeness (QED) is 0.391. The number of nitrogens with zero attached hydrogens (tertiary/aromatic N) is 5. The molecule has 5 aromatic rings. The Morgan fingerprint density at radius 2 is 1.86 bits per heavy atom. The maximum absolute atomic E-state index is 12.5. The molecule has 0 bridgehead atoms. The fourth-order valence-electron chi connectivity index (χ4n) is 3.58. The van der Waals surface area contributed by atoms with Crippen molar-refractivity contribution in [1.29, 1.82) is 0 Å². The monoisotopic (exact) mass is 482 g/mol. The van der Waals surface area contributed by atoms with Crippen LogP contribution in [0.1, 0.15) is 22.9 Å². The summed E-state index contributed by atoms with van der Waals surface area (Å²) >= 11 is 5.98. The molecule has 8 heteroatoms. The molecular weight excluding hydrogens is 460 g/mol. The van der Waals surface area contributed by atoms with Gasteiger partial charge in [-0.3, -0.25) is 9.36 Å². The Labute approximate surface area is 207 Å². The molecular formula is C27H23ClN6O. The Morgan fingerprint density at radius 1 is 1.09 bits per heavy atom. The Kier molecular flexibility index (Phi) is 7.06. The van der Waals surface area contributed by atoms with E-state index in [-0.39, 0.29) is 11.6 Å². The number of hydrogen-bond acceptors (Lipinski definition) is 5. The Bertz CT molecular complexity index is 1570. The molecule has 0 saturated heterocycles. The van der Waals surface area contributed by atoms with E-state index in [9.17, 15) is 4.79 Å². The highest BCUT2D eigenvalue weighted by atomic mass is 35.5. The van der Waals surface area contributed by atoms with Gasteiger partial charge in [-0.1, -0.05) is 35.7 Å². The van der Waals surface area contributed by atoms with E-state index in [1.807, 2.05) is 48.1 Å². The van der Waals surface area contributed by atoms with Crippen LogP contribution < -0.4 is 11.3 Å². The Balaban J connectivity index is 0.000000421. The Hall–Kier alpha value is -4.25. The van der Waals surface area contributed by atoms with Crippen molar-refractivity contribution < 1.29 is 0 Å². The van der Waals surface area contributed by atoms with Crippen LogP contribution >= 0.6 is 11.6 Å². The molecule has 0 spiro atoms. The summed E-state index contributed by atoms with van der Waals surface area (Å²) in [7, 11) is 3.62. The molecule has 0 radical (unpaired) electrons. The van der Waals surface area contributed by atoms with Gasteiger partial charge in [0.2, 0.25) is 0 Å². The minimum absolute atomic E-state index is 0.178. The van der Waals surface area contributed by atoms with Crippen LogP contribution in [0, 0.1) is 12.3 Å². The number of terminal acetylenes is 1. The highest BCUT2D eigenvalue weighted by molar-refractivity contribution is 6.30. The SMILES string of the molecule is C#Cc1cccc(-c2cc(=O)n(C)c3ncc(C(N)c4ccc(Cl)cc4)cc23)n1.Cn1ccnc1. The van der Waals surface area contributed by atoms with Gasteiger partial charge >= 0.3 is 0 Å². The van der Waals surface area contributed by atoms with Crippen LogP contribution in [-0.4, -0.2) is 24.1 Å². The van der Waals surface area contributed by atoms with Gasteiger partial charge in [0, 0.05) is 54.7 Å². The lowest BCUT2D eigenvalue weighted by atomic mass is 9.98. The van der Waals surface area contributed by atoms with Crippen LogP contribution in [0.25, 0.3) is 22.3 Å². The topological polar surface area (TPSA) is 91.6 Å². The molecule has 2 N–H and O–H groups in total. The van der Waals surface area contributed by atoms with Crippen molar-refractivity contribution in [1.82, 2.24) is 24.1 Å². The van der Waals surface area contributed by atoms with Gasteiger partial charge in [0.25, 0.3) is 5.56 Å². The number of aryl methyl sites for hydroxylation is 2. The third kappa shape index (κ3) is 5.30. The lowest BCUT2D eigenvalue weighted by Gasteiger charge is -2.15. The summed E-state index contributed by atoms with van der Waals surface area (Å²) in [5.74, 6) is 2.53. The van der Waals surface area contributed by atoms with E-state index in [0.717, 1.165) is 16.5 Å². The second kappa shape index (κ2) is 10.3. The maximum Gasteiger partial charge on any atom is 0.252 e. The predicted molar refractivity (Wildman–Crippen MR) is 139 cm³/mol. The van der Waals surface area contributed by atoms with Gasteiger partial charge < -0.3 is 10.3 Å². The normalized spacial score (nSPS) is 11.4. The number of halogens is 1. The summed E-state index contributed by atoms with van der Waals surface area (Å²) in [5, 5.41) is 1.42. The summed E-state index contributed by atoms with van der Waals surface area (Å²) < 4.78 is 3.39. The van der Waals surface area contributed by atoms with Crippen LogP contribution in [-0.2, 0) is 14.1 Å². The second-order valence-electron chi connectivity index (χ2n) is 7.90. The third-order valence-corrected chi connectivity index (χ3v) is 5.74. The Morgan fingerprint density at radius 3 is 2.49 bits per heavy atom. The first-order valence-electron chi connectivity index (χ1n) is 10.7. The summed E-state index contributed by atoms with van der Waals surface area (Å²) in [4.78, 5) is 25.2. The first kappa shape index (κ1) is 23.9.